The number of hydrogen-bond donors (Lipinski definition) is 2. The monoisotopic (exact) mass is 174 g/mol. The third kappa shape index (κ3) is 9.92. The molecule has 0 radical (unpaired) electrons. The summed E-state index contributed by atoms with van der Waals surface area (Å²) in [7, 11) is 0. The van der Waals surface area contributed by atoms with E-state index in [1.807, 2.05) is 27.7 Å². The highest BCUT2D eigenvalue weighted by Gasteiger charge is 2.02. The van der Waals surface area contributed by atoms with Crippen molar-refractivity contribution in [3.8, 4) is 0 Å². The number of hydrogen-bond acceptors (Lipinski definition) is 2. The molecule has 1 unspecified atom stereocenters. The molecule has 0 aromatic carbocycles. The van der Waals surface area contributed by atoms with Crippen molar-refractivity contribution in [2.75, 3.05) is 13.2 Å². The lowest BCUT2D eigenvalue weighted by atomic mass is 10.2. The lowest BCUT2D eigenvalue weighted by Gasteiger charge is -2.06. The maximum atomic E-state index is 3.33. The first-order valence-electron chi connectivity index (χ1n) is 5.33. The molecule has 76 valence electrons. The van der Waals surface area contributed by atoms with Gasteiger partial charge in [0, 0.05) is 12.7 Å². The first-order valence-corrected chi connectivity index (χ1v) is 5.33. The molecule has 2 N–H and O–H groups in total. The fourth-order valence-electron chi connectivity index (χ4n) is 0.970. The Labute approximate surface area is 78.1 Å². The van der Waals surface area contributed by atoms with Gasteiger partial charge in [0.05, 0.1) is 0 Å². The SMILES string of the molecule is CC.CC.CC1CCCNCN1. The van der Waals surface area contributed by atoms with Crippen LogP contribution in [-0.2, 0) is 0 Å². The minimum atomic E-state index is 0.713. The number of nitrogens with one attached hydrogen (secondary N) is 2. The fraction of sp³-hybridized carbons (Fsp3) is 1.00. The first kappa shape index (κ1) is 14.4. The quantitative estimate of drug-likeness (QED) is 0.589. The van der Waals surface area contributed by atoms with E-state index in [2.05, 4.69) is 17.6 Å². The molecule has 0 aromatic heterocycles. The van der Waals surface area contributed by atoms with Gasteiger partial charge >= 0.3 is 0 Å². The van der Waals surface area contributed by atoms with Gasteiger partial charge in [0.15, 0.2) is 0 Å². The zero-order valence-corrected chi connectivity index (χ0v) is 9.41. The largest absolute Gasteiger partial charge is 0.304 e. The van der Waals surface area contributed by atoms with Crippen molar-refractivity contribution in [3.63, 3.8) is 0 Å². The van der Waals surface area contributed by atoms with Crippen LogP contribution in [0.2, 0.25) is 0 Å². The molecular formula is C10H26N2. The van der Waals surface area contributed by atoms with E-state index in [0.29, 0.717) is 6.04 Å². The predicted octanol–water partition coefficient (Wildman–Crippen LogP) is 2.36. The Hall–Kier alpha value is -0.0800. The third-order valence-corrected chi connectivity index (χ3v) is 1.57. The van der Waals surface area contributed by atoms with Crippen molar-refractivity contribution < 1.29 is 0 Å². The summed E-state index contributed by atoms with van der Waals surface area (Å²) < 4.78 is 0. The molecule has 1 aliphatic rings. The molecular weight excluding hydrogens is 148 g/mol. The molecule has 1 aliphatic heterocycles. The van der Waals surface area contributed by atoms with Crippen LogP contribution in [0.25, 0.3) is 0 Å². The molecule has 1 heterocycles. The summed E-state index contributed by atoms with van der Waals surface area (Å²) in [5.74, 6) is 0. The Kier molecular flexibility index (Phi) is 16.3. The molecule has 12 heavy (non-hydrogen) atoms. The third-order valence-electron chi connectivity index (χ3n) is 1.57. The van der Waals surface area contributed by atoms with Crippen LogP contribution in [0.3, 0.4) is 0 Å². The van der Waals surface area contributed by atoms with E-state index in [1.165, 1.54) is 19.4 Å². The van der Waals surface area contributed by atoms with Crippen LogP contribution in [0, 0.1) is 0 Å². The lowest BCUT2D eigenvalue weighted by molar-refractivity contribution is 0.541. The summed E-state index contributed by atoms with van der Waals surface area (Å²) >= 11 is 0. The van der Waals surface area contributed by atoms with Crippen LogP contribution in [0.4, 0.5) is 0 Å². The van der Waals surface area contributed by atoms with Gasteiger partial charge in [-0.1, -0.05) is 27.7 Å². The zero-order chi connectivity index (χ0) is 9.82. The van der Waals surface area contributed by atoms with Crippen molar-refractivity contribution in [1.82, 2.24) is 10.6 Å². The van der Waals surface area contributed by atoms with Gasteiger partial charge in [-0.05, 0) is 26.3 Å². The summed E-state index contributed by atoms with van der Waals surface area (Å²) in [5, 5.41) is 6.60. The molecule has 0 bridgehead atoms. The molecule has 1 rings (SSSR count). The smallest absolute Gasteiger partial charge is 0.0456 e. The van der Waals surface area contributed by atoms with Crippen LogP contribution in [0.15, 0.2) is 0 Å². The van der Waals surface area contributed by atoms with Crippen molar-refractivity contribution in [2.24, 2.45) is 0 Å². The molecule has 0 saturated carbocycles. The van der Waals surface area contributed by atoms with E-state index in [9.17, 15) is 0 Å². The topological polar surface area (TPSA) is 24.1 Å². The average Bonchev–Trinajstić information content (AvgIpc) is 2.40. The molecule has 0 amide bonds. The highest BCUT2D eigenvalue weighted by molar-refractivity contribution is 4.64. The molecule has 0 spiro atoms. The van der Waals surface area contributed by atoms with E-state index in [0.717, 1.165) is 6.67 Å². The van der Waals surface area contributed by atoms with E-state index in [1.54, 1.807) is 0 Å². The van der Waals surface area contributed by atoms with Crippen LogP contribution >= 0.6 is 0 Å². The highest BCUT2D eigenvalue weighted by Crippen LogP contribution is 1.96. The molecule has 1 saturated heterocycles. The summed E-state index contributed by atoms with van der Waals surface area (Å²) in [5.41, 5.74) is 0. The Bertz CT molecular complexity index is 56.9. The maximum Gasteiger partial charge on any atom is 0.0456 e. The molecule has 2 nitrogen and oxygen atoms in total. The number of rotatable bonds is 0. The summed E-state index contributed by atoms with van der Waals surface area (Å²) in [6.45, 7) is 12.4. The molecule has 1 atom stereocenters. The summed E-state index contributed by atoms with van der Waals surface area (Å²) in [6.07, 6.45) is 2.63. The Morgan fingerprint density at radius 1 is 1.08 bits per heavy atom. The van der Waals surface area contributed by atoms with Crippen molar-refractivity contribution in [3.05, 3.63) is 0 Å². The van der Waals surface area contributed by atoms with Crippen LogP contribution in [0.5, 0.6) is 0 Å². The van der Waals surface area contributed by atoms with Gasteiger partial charge in [-0.25, -0.2) is 0 Å². The van der Waals surface area contributed by atoms with Gasteiger partial charge in [0.1, 0.15) is 0 Å². The maximum absolute atomic E-state index is 3.33. The van der Waals surface area contributed by atoms with Gasteiger partial charge in [-0.15, -0.1) is 0 Å². The Balaban J connectivity index is 0. The highest BCUT2D eigenvalue weighted by atomic mass is 15.1. The second kappa shape index (κ2) is 13.5. The van der Waals surface area contributed by atoms with E-state index >= 15 is 0 Å². The second-order valence-electron chi connectivity index (χ2n) is 2.42. The predicted molar refractivity (Wildman–Crippen MR) is 57.4 cm³/mol. The van der Waals surface area contributed by atoms with Crippen molar-refractivity contribution in [1.29, 1.82) is 0 Å². The molecule has 0 aromatic rings. The fourth-order valence-corrected chi connectivity index (χ4v) is 0.970. The Morgan fingerprint density at radius 2 is 1.67 bits per heavy atom. The summed E-state index contributed by atoms with van der Waals surface area (Å²) in [4.78, 5) is 0. The van der Waals surface area contributed by atoms with E-state index < -0.39 is 0 Å². The standard InChI is InChI=1S/C6H14N2.2C2H6/c1-6-3-2-4-7-5-8-6;2*1-2/h6-8H,2-5H2,1H3;2*1-2H3. The normalized spacial score (nSPS) is 22.2. The average molecular weight is 174 g/mol. The van der Waals surface area contributed by atoms with E-state index in [4.69, 9.17) is 0 Å². The first-order chi connectivity index (χ1) is 5.89. The van der Waals surface area contributed by atoms with Gasteiger partial charge < -0.3 is 10.6 Å². The minimum absolute atomic E-state index is 0.713. The minimum Gasteiger partial charge on any atom is -0.304 e. The van der Waals surface area contributed by atoms with Crippen molar-refractivity contribution >= 4 is 0 Å². The van der Waals surface area contributed by atoms with Crippen molar-refractivity contribution in [2.45, 2.75) is 53.5 Å². The molecule has 2 heteroatoms. The molecule has 1 fully saturated rings. The van der Waals surface area contributed by atoms with Gasteiger partial charge in [0.2, 0.25) is 0 Å². The molecule has 0 aliphatic carbocycles. The lowest BCUT2D eigenvalue weighted by Crippen LogP contribution is -2.31. The van der Waals surface area contributed by atoms with E-state index in [-0.39, 0.29) is 0 Å². The summed E-state index contributed by atoms with van der Waals surface area (Å²) in [6, 6.07) is 0.713. The van der Waals surface area contributed by atoms with Gasteiger partial charge in [-0.2, -0.15) is 0 Å². The van der Waals surface area contributed by atoms with Crippen LogP contribution in [-0.4, -0.2) is 19.3 Å². The zero-order valence-electron chi connectivity index (χ0n) is 9.41. The van der Waals surface area contributed by atoms with Gasteiger partial charge in [-0.3, -0.25) is 0 Å². The van der Waals surface area contributed by atoms with Gasteiger partial charge in [0.25, 0.3) is 0 Å². The van der Waals surface area contributed by atoms with Crippen LogP contribution in [0.1, 0.15) is 47.5 Å². The second-order valence-corrected chi connectivity index (χ2v) is 2.42. The Morgan fingerprint density at radius 3 is 2.25 bits per heavy atom. The van der Waals surface area contributed by atoms with Crippen LogP contribution < -0.4 is 10.6 Å².